The van der Waals surface area contributed by atoms with Crippen LogP contribution in [0.1, 0.15) is 42.8 Å². The number of carbonyl (C=O) groups is 1. The number of benzene rings is 2. The average molecular weight is 388 g/mol. The third kappa shape index (κ3) is 4.25. The molecule has 3 nitrogen and oxygen atoms in total. The molecule has 0 bridgehead atoms. The van der Waals surface area contributed by atoms with Crippen LogP contribution in [-0.4, -0.2) is 11.9 Å². The standard InChI is InChI=1S/C21H22ClNO2S/c1-3-15(4-2)23-21(24)20-18(17-7-5-6-8-19(17)25-20)13-26-16-11-9-14(22)10-12-16/h5-12,15H,3-4,13H2,1-2H3,(H,23,24). The molecule has 0 atom stereocenters. The van der Waals surface area contributed by atoms with Crippen molar-refractivity contribution in [3.63, 3.8) is 0 Å². The van der Waals surface area contributed by atoms with E-state index in [9.17, 15) is 4.79 Å². The summed E-state index contributed by atoms with van der Waals surface area (Å²) >= 11 is 7.62. The number of amides is 1. The predicted molar refractivity (Wildman–Crippen MR) is 109 cm³/mol. The van der Waals surface area contributed by atoms with E-state index in [2.05, 4.69) is 19.2 Å². The molecule has 136 valence electrons. The third-order valence-corrected chi connectivity index (χ3v) is 5.71. The lowest BCUT2D eigenvalue weighted by atomic mass is 10.1. The zero-order valence-corrected chi connectivity index (χ0v) is 16.5. The summed E-state index contributed by atoms with van der Waals surface area (Å²) < 4.78 is 5.91. The van der Waals surface area contributed by atoms with Crippen molar-refractivity contribution >= 4 is 40.2 Å². The summed E-state index contributed by atoms with van der Waals surface area (Å²) in [6, 6.07) is 15.7. The van der Waals surface area contributed by atoms with Crippen molar-refractivity contribution in [2.45, 2.75) is 43.4 Å². The van der Waals surface area contributed by atoms with Crippen molar-refractivity contribution in [2.75, 3.05) is 0 Å². The maximum absolute atomic E-state index is 12.8. The highest BCUT2D eigenvalue weighted by Gasteiger charge is 2.22. The van der Waals surface area contributed by atoms with Crippen LogP contribution in [0.3, 0.4) is 0 Å². The van der Waals surface area contributed by atoms with Gasteiger partial charge in [-0.05, 0) is 43.2 Å². The van der Waals surface area contributed by atoms with Gasteiger partial charge in [0.05, 0.1) is 0 Å². The molecule has 0 unspecified atom stereocenters. The van der Waals surface area contributed by atoms with Crippen molar-refractivity contribution in [1.82, 2.24) is 5.32 Å². The van der Waals surface area contributed by atoms with E-state index in [1.165, 1.54) is 0 Å². The van der Waals surface area contributed by atoms with Gasteiger partial charge in [0.15, 0.2) is 5.76 Å². The molecule has 0 spiro atoms. The number of hydrogen-bond donors (Lipinski definition) is 1. The Labute approximate surface area is 163 Å². The summed E-state index contributed by atoms with van der Waals surface area (Å²) in [5, 5.41) is 4.79. The average Bonchev–Trinajstić information content (AvgIpc) is 3.04. The van der Waals surface area contributed by atoms with Crippen molar-refractivity contribution < 1.29 is 9.21 Å². The van der Waals surface area contributed by atoms with Crippen molar-refractivity contribution in [2.24, 2.45) is 0 Å². The maximum Gasteiger partial charge on any atom is 0.287 e. The van der Waals surface area contributed by atoms with Gasteiger partial charge < -0.3 is 9.73 Å². The van der Waals surface area contributed by atoms with Crippen LogP contribution in [0.15, 0.2) is 57.8 Å². The Bertz CT molecular complexity index is 885. The minimum absolute atomic E-state index is 0.137. The Morgan fingerprint density at radius 3 is 2.50 bits per heavy atom. The number of halogens is 1. The first-order valence-corrected chi connectivity index (χ1v) is 10.2. The van der Waals surface area contributed by atoms with Gasteiger partial charge in [-0.25, -0.2) is 0 Å². The van der Waals surface area contributed by atoms with Gasteiger partial charge in [-0.3, -0.25) is 4.79 Å². The topological polar surface area (TPSA) is 42.2 Å². The van der Waals surface area contributed by atoms with E-state index in [-0.39, 0.29) is 11.9 Å². The maximum atomic E-state index is 12.8. The Morgan fingerprint density at radius 1 is 1.12 bits per heavy atom. The van der Waals surface area contributed by atoms with Crippen molar-refractivity contribution in [3.8, 4) is 0 Å². The quantitative estimate of drug-likeness (QED) is 0.484. The highest BCUT2D eigenvalue weighted by Crippen LogP contribution is 2.32. The summed E-state index contributed by atoms with van der Waals surface area (Å²) in [5.41, 5.74) is 1.68. The molecule has 0 aliphatic heterocycles. The second kappa shape index (κ2) is 8.65. The van der Waals surface area contributed by atoms with Crippen LogP contribution >= 0.6 is 23.4 Å². The molecule has 0 aliphatic carbocycles. The SMILES string of the molecule is CCC(CC)NC(=O)c1oc2ccccc2c1CSc1ccc(Cl)cc1. The van der Waals surface area contributed by atoms with Gasteiger partial charge >= 0.3 is 0 Å². The molecule has 0 fully saturated rings. The van der Waals surface area contributed by atoms with Crippen LogP contribution in [0.4, 0.5) is 0 Å². The normalized spacial score (nSPS) is 11.2. The fourth-order valence-corrected chi connectivity index (χ4v) is 3.91. The first kappa shape index (κ1) is 18.9. The zero-order chi connectivity index (χ0) is 18.5. The first-order valence-electron chi connectivity index (χ1n) is 8.82. The molecule has 0 saturated carbocycles. The molecule has 5 heteroatoms. The van der Waals surface area contributed by atoms with Crippen LogP contribution in [0.25, 0.3) is 11.0 Å². The van der Waals surface area contributed by atoms with Crippen molar-refractivity contribution in [3.05, 3.63) is 64.9 Å². The number of furan rings is 1. The van der Waals surface area contributed by atoms with Gasteiger partial charge in [-0.1, -0.05) is 43.6 Å². The fourth-order valence-electron chi connectivity index (χ4n) is 2.86. The monoisotopic (exact) mass is 387 g/mol. The van der Waals surface area contributed by atoms with E-state index < -0.39 is 0 Å². The van der Waals surface area contributed by atoms with E-state index in [0.717, 1.165) is 34.3 Å². The van der Waals surface area contributed by atoms with Gasteiger partial charge in [-0.2, -0.15) is 0 Å². The van der Waals surface area contributed by atoms with Gasteiger partial charge in [0.25, 0.3) is 5.91 Å². The second-order valence-electron chi connectivity index (χ2n) is 6.14. The second-order valence-corrected chi connectivity index (χ2v) is 7.62. The Kier molecular flexibility index (Phi) is 6.28. The number of para-hydroxylation sites is 1. The minimum Gasteiger partial charge on any atom is -0.451 e. The fraction of sp³-hybridized carbons (Fsp3) is 0.286. The van der Waals surface area contributed by atoms with Gasteiger partial charge in [0.1, 0.15) is 5.58 Å². The molecule has 1 N–H and O–H groups in total. The Balaban J connectivity index is 1.89. The van der Waals surface area contributed by atoms with Crippen LogP contribution in [0.2, 0.25) is 5.02 Å². The summed E-state index contributed by atoms with van der Waals surface area (Å²) in [7, 11) is 0. The van der Waals surface area contributed by atoms with Crippen LogP contribution in [0.5, 0.6) is 0 Å². The van der Waals surface area contributed by atoms with Gasteiger partial charge in [-0.15, -0.1) is 11.8 Å². The van der Waals surface area contributed by atoms with E-state index >= 15 is 0 Å². The van der Waals surface area contributed by atoms with Crippen molar-refractivity contribution in [1.29, 1.82) is 0 Å². The predicted octanol–water partition coefficient (Wildman–Crippen LogP) is 6.30. The molecule has 0 saturated heterocycles. The molecule has 1 aromatic heterocycles. The molecule has 0 radical (unpaired) electrons. The van der Waals surface area contributed by atoms with E-state index in [1.807, 2.05) is 48.5 Å². The van der Waals surface area contributed by atoms with E-state index in [0.29, 0.717) is 16.5 Å². The summed E-state index contributed by atoms with van der Waals surface area (Å²) in [6.45, 7) is 4.15. The molecule has 3 aromatic rings. The minimum atomic E-state index is -0.137. The molecule has 0 aliphatic rings. The molecule has 1 amide bonds. The summed E-state index contributed by atoms with van der Waals surface area (Å²) in [4.78, 5) is 13.9. The Hall–Kier alpha value is -1.91. The van der Waals surface area contributed by atoms with Crippen LogP contribution in [0, 0.1) is 0 Å². The van der Waals surface area contributed by atoms with Crippen LogP contribution < -0.4 is 5.32 Å². The number of hydrogen-bond acceptors (Lipinski definition) is 3. The number of nitrogens with one attached hydrogen (secondary N) is 1. The van der Waals surface area contributed by atoms with E-state index in [4.69, 9.17) is 16.0 Å². The highest BCUT2D eigenvalue weighted by molar-refractivity contribution is 7.98. The lowest BCUT2D eigenvalue weighted by molar-refractivity contribution is 0.0908. The van der Waals surface area contributed by atoms with Gasteiger partial charge in [0, 0.05) is 32.7 Å². The largest absolute Gasteiger partial charge is 0.451 e. The Morgan fingerprint density at radius 2 is 1.81 bits per heavy atom. The summed E-state index contributed by atoms with van der Waals surface area (Å²) in [5.74, 6) is 0.936. The lowest BCUT2D eigenvalue weighted by Gasteiger charge is -2.14. The zero-order valence-electron chi connectivity index (χ0n) is 14.9. The van der Waals surface area contributed by atoms with Crippen LogP contribution in [-0.2, 0) is 5.75 Å². The molecule has 3 rings (SSSR count). The lowest BCUT2D eigenvalue weighted by Crippen LogP contribution is -2.34. The molecular weight excluding hydrogens is 366 g/mol. The number of carbonyl (C=O) groups excluding carboxylic acids is 1. The molecule has 1 heterocycles. The van der Waals surface area contributed by atoms with E-state index in [1.54, 1.807) is 11.8 Å². The molecule has 2 aromatic carbocycles. The highest BCUT2D eigenvalue weighted by atomic mass is 35.5. The van der Waals surface area contributed by atoms with Gasteiger partial charge in [0.2, 0.25) is 0 Å². The smallest absolute Gasteiger partial charge is 0.287 e. The number of rotatable bonds is 7. The number of fused-ring (bicyclic) bond motifs is 1. The third-order valence-electron chi connectivity index (χ3n) is 4.42. The molecule has 26 heavy (non-hydrogen) atoms. The summed E-state index contributed by atoms with van der Waals surface area (Å²) in [6.07, 6.45) is 1.80. The number of thioether (sulfide) groups is 1. The first-order chi connectivity index (χ1) is 12.6. The molecular formula is C21H22ClNO2S.